The van der Waals surface area contributed by atoms with E-state index in [1.807, 2.05) is 49.4 Å². The third kappa shape index (κ3) is 2.59. The second kappa shape index (κ2) is 5.09. The zero-order valence-electron chi connectivity index (χ0n) is 9.59. The SMILES string of the molecule is Cc1ccccc1/N=C/c1ccccc1C#N. The highest BCUT2D eigenvalue weighted by atomic mass is 14.7. The molecule has 0 bridgehead atoms. The van der Waals surface area contributed by atoms with Gasteiger partial charge in [-0.05, 0) is 24.6 Å². The van der Waals surface area contributed by atoms with Gasteiger partial charge in [-0.25, -0.2) is 0 Å². The molecule has 0 radical (unpaired) electrons. The van der Waals surface area contributed by atoms with Gasteiger partial charge in [-0.3, -0.25) is 4.99 Å². The van der Waals surface area contributed by atoms with Crippen LogP contribution < -0.4 is 0 Å². The van der Waals surface area contributed by atoms with Crippen molar-refractivity contribution in [1.82, 2.24) is 0 Å². The standard InChI is InChI=1S/C15H12N2/c1-12-6-2-5-9-15(12)17-11-14-8-4-3-7-13(14)10-16/h2-9,11H,1H3/b17-11+. The first-order valence-electron chi connectivity index (χ1n) is 5.40. The summed E-state index contributed by atoms with van der Waals surface area (Å²) >= 11 is 0. The van der Waals surface area contributed by atoms with Crippen LogP contribution in [0.5, 0.6) is 0 Å². The van der Waals surface area contributed by atoms with Crippen molar-refractivity contribution in [3.05, 3.63) is 65.2 Å². The Kier molecular flexibility index (Phi) is 3.32. The van der Waals surface area contributed by atoms with E-state index in [-0.39, 0.29) is 0 Å². The molecular weight excluding hydrogens is 208 g/mol. The lowest BCUT2D eigenvalue weighted by Gasteiger charge is -1.99. The molecule has 0 heterocycles. The smallest absolute Gasteiger partial charge is 0.0998 e. The van der Waals surface area contributed by atoms with Crippen LogP contribution in [0.1, 0.15) is 16.7 Å². The van der Waals surface area contributed by atoms with E-state index in [0.717, 1.165) is 16.8 Å². The molecule has 2 rings (SSSR count). The first-order chi connectivity index (χ1) is 8.31. The third-order valence-electron chi connectivity index (χ3n) is 2.54. The lowest BCUT2D eigenvalue weighted by Crippen LogP contribution is -1.86. The van der Waals surface area contributed by atoms with Crippen molar-refractivity contribution in [3.8, 4) is 6.07 Å². The number of nitriles is 1. The molecule has 17 heavy (non-hydrogen) atoms. The molecule has 2 heteroatoms. The first kappa shape index (κ1) is 11.1. The van der Waals surface area contributed by atoms with E-state index in [0.29, 0.717) is 5.56 Å². The lowest BCUT2D eigenvalue weighted by molar-refractivity contribution is 1.40. The molecule has 0 aliphatic carbocycles. The Morgan fingerprint density at radius 1 is 1.06 bits per heavy atom. The van der Waals surface area contributed by atoms with Gasteiger partial charge in [0.25, 0.3) is 0 Å². The average molecular weight is 220 g/mol. The second-order valence-corrected chi connectivity index (χ2v) is 3.74. The third-order valence-corrected chi connectivity index (χ3v) is 2.54. The van der Waals surface area contributed by atoms with Crippen LogP contribution in [0, 0.1) is 18.3 Å². The molecule has 0 aliphatic heterocycles. The summed E-state index contributed by atoms with van der Waals surface area (Å²) in [6.45, 7) is 2.02. The number of aryl methyl sites for hydroxylation is 1. The Hall–Kier alpha value is -2.40. The molecule has 0 saturated heterocycles. The number of hydrogen-bond acceptors (Lipinski definition) is 2. The van der Waals surface area contributed by atoms with Gasteiger partial charge < -0.3 is 0 Å². The number of nitrogens with zero attached hydrogens (tertiary/aromatic N) is 2. The quantitative estimate of drug-likeness (QED) is 0.712. The molecule has 0 aliphatic rings. The topological polar surface area (TPSA) is 36.1 Å². The molecule has 0 unspecified atom stereocenters. The van der Waals surface area contributed by atoms with Crippen molar-refractivity contribution in [3.63, 3.8) is 0 Å². The summed E-state index contributed by atoms with van der Waals surface area (Å²) in [7, 11) is 0. The van der Waals surface area contributed by atoms with Gasteiger partial charge >= 0.3 is 0 Å². The number of aliphatic imine (C=N–C) groups is 1. The van der Waals surface area contributed by atoms with Crippen LogP contribution in [0.2, 0.25) is 0 Å². The maximum Gasteiger partial charge on any atom is 0.0998 e. The van der Waals surface area contributed by atoms with Gasteiger partial charge in [-0.2, -0.15) is 5.26 Å². The maximum absolute atomic E-state index is 8.96. The molecule has 0 atom stereocenters. The largest absolute Gasteiger partial charge is 0.256 e. The first-order valence-corrected chi connectivity index (χ1v) is 5.40. The van der Waals surface area contributed by atoms with Crippen molar-refractivity contribution < 1.29 is 0 Å². The van der Waals surface area contributed by atoms with E-state index < -0.39 is 0 Å². The Labute approximate surface area is 101 Å². The Morgan fingerprint density at radius 2 is 1.76 bits per heavy atom. The van der Waals surface area contributed by atoms with Crippen molar-refractivity contribution in [2.75, 3.05) is 0 Å². The summed E-state index contributed by atoms with van der Waals surface area (Å²) in [5.41, 5.74) is 3.54. The van der Waals surface area contributed by atoms with E-state index in [1.165, 1.54) is 0 Å². The second-order valence-electron chi connectivity index (χ2n) is 3.74. The minimum Gasteiger partial charge on any atom is -0.256 e. The van der Waals surface area contributed by atoms with Crippen LogP contribution in [0.25, 0.3) is 0 Å². The van der Waals surface area contributed by atoms with Crippen molar-refractivity contribution in [2.45, 2.75) is 6.92 Å². The van der Waals surface area contributed by atoms with Crippen LogP contribution in [0.15, 0.2) is 53.5 Å². The van der Waals surface area contributed by atoms with Gasteiger partial charge in [0.15, 0.2) is 0 Å². The van der Waals surface area contributed by atoms with E-state index in [2.05, 4.69) is 11.1 Å². The number of rotatable bonds is 2. The van der Waals surface area contributed by atoms with Crippen LogP contribution >= 0.6 is 0 Å². The van der Waals surface area contributed by atoms with Gasteiger partial charge in [0, 0.05) is 11.8 Å². The normalized spacial score (nSPS) is 10.4. The molecule has 2 aromatic carbocycles. The van der Waals surface area contributed by atoms with Gasteiger partial charge in [0.2, 0.25) is 0 Å². The highest BCUT2D eigenvalue weighted by Gasteiger charge is 1.97. The van der Waals surface area contributed by atoms with Gasteiger partial charge in [-0.1, -0.05) is 36.4 Å². The van der Waals surface area contributed by atoms with Crippen LogP contribution in [-0.4, -0.2) is 6.21 Å². The predicted octanol–water partition coefficient (Wildman–Crippen LogP) is 3.62. The summed E-state index contributed by atoms with van der Waals surface area (Å²) in [5, 5.41) is 8.96. The summed E-state index contributed by atoms with van der Waals surface area (Å²) < 4.78 is 0. The maximum atomic E-state index is 8.96. The highest BCUT2D eigenvalue weighted by molar-refractivity contribution is 5.85. The molecular formula is C15H12N2. The molecule has 0 fully saturated rings. The van der Waals surface area contributed by atoms with E-state index in [1.54, 1.807) is 12.3 Å². The Bertz CT molecular complexity index is 592. The average Bonchev–Trinajstić information content (AvgIpc) is 2.38. The monoisotopic (exact) mass is 220 g/mol. The number of benzene rings is 2. The van der Waals surface area contributed by atoms with Crippen LogP contribution in [-0.2, 0) is 0 Å². The molecule has 0 N–H and O–H groups in total. The summed E-state index contributed by atoms with van der Waals surface area (Å²) in [5.74, 6) is 0. The molecule has 2 aromatic rings. The van der Waals surface area contributed by atoms with Gasteiger partial charge in [0.1, 0.15) is 0 Å². The van der Waals surface area contributed by atoms with Crippen LogP contribution in [0.4, 0.5) is 5.69 Å². The zero-order chi connectivity index (χ0) is 12.1. The fourth-order valence-electron chi connectivity index (χ4n) is 1.56. The molecule has 82 valence electrons. The van der Waals surface area contributed by atoms with Gasteiger partial charge in [0.05, 0.1) is 17.3 Å². The van der Waals surface area contributed by atoms with E-state index >= 15 is 0 Å². The fourth-order valence-corrected chi connectivity index (χ4v) is 1.56. The van der Waals surface area contributed by atoms with E-state index in [4.69, 9.17) is 5.26 Å². The number of hydrogen-bond donors (Lipinski definition) is 0. The molecule has 2 nitrogen and oxygen atoms in total. The Morgan fingerprint density at radius 3 is 2.53 bits per heavy atom. The van der Waals surface area contributed by atoms with Crippen molar-refractivity contribution in [1.29, 1.82) is 5.26 Å². The van der Waals surface area contributed by atoms with Crippen molar-refractivity contribution in [2.24, 2.45) is 4.99 Å². The predicted molar refractivity (Wildman–Crippen MR) is 69.6 cm³/mol. The molecule has 0 saturated carbocycles. The highest BCUT2D eigenvalue weighted by Crippen LogP contribution is 2.17. The summed E-state index contributed by atoms with van der Waals surface area (Å²) in [6, 6.07) is 17.5. The lowest BCUT2D eigenvalue weighted by atomic mass is 10.1. The zero-order valence-corrected chi connectivity index (χ0v) is 9.59. The number of para-hydroxylation sites is 1. The Balaban J connectivity index is 2.33. The molecule has 0 spiro atoms. The minimum atomic E-state index is 0.643. The molecule has 0 aromatic heterocycles. The van der Waals surface area contributed by atoms with Crippen LogP contribution in [0.3, 0.4) is 0 Å². The fraction of sp³-hybridized carbons (Fsp3) is 0.0667. The van der Waals surface area contributed by atoms with Crippen molar-refractivity contribution >= 4 is 11.9 Å². The molecule has 0 amide bonds. The minimum absolute atomic E-state index is 0.643. The summed E-state index contributed by atoms with van der Waals surface area (Å²) in [6.07, 6.45) is 1.74. The van der Waals surface area contributed by atoms with E-state index in [9.17, 15) is 0 Å². The summed E-state index contributed by atoms with van der Waals surface area (Å²) in [4.78, 5) is 4.41. The van der Waals surface area contributed by atoms with Gasteiger partial charge in [-0.15, -0.1) is 0 Å².